The molecule has 33 heavy (non-hydrogen) atoms. The Morgan fingerprint density at radius 3 is 2.27 bits per heavy atom. The van der Waals surface area contributed by atoms with Crippen molar-refractivity contribution in [2.45, 2.75) is 18.0 Å². The maximum atomic E-state index is 13.8. The predicted octanol–water partition coefficient (Wildman–Crippen LogP) is 6.00. The van der Waals surface area contributed by atoms with Gasteiger partial charge in [0.2, 0.25) is 0 Å². The van der Waals surface area contributed by atoms with Crippen molar-refractivity contribution in [3.05, 3.63) is 95.1 Å². The second-order valence-corrected chi connectivity index (χ2v) is 8.74. The van der Waals surface area contributed by atoms with Gasteiger partial charge >= 0.3 is 12.1 Å². The monoisotopic (exact) mass is 471 g/mol. The Bertz CT molecular complexity index is 1110. The minimum Gasteiger partial charge on any atom is -0.469 e. The van der Waals surface area contributed by atoms with Crippen molar-refractivity contribution in [3.8, 4) is 11.1 Å². The van der Waals surface area contributed by atoms with Crippen LogP contribution in [0.5, 0.6) is 0 Å². The highest BCUT2D eigenvalue weighted by atomic mass is 32.1. The molecule has 3 nitrogen and oxygen atoms in total. The number of carbonyl (C=O) groups is 1. The molecule has 0 N–H and O–H groups in total. The lowest BCUT2D eigenvalue weighted by molar-refractivity contribution is -0.151. The van der Waals surface area contributed by atoms with Crippen LogP contribution in [-0.2, 0) is 22.3 Å². The lowest BCUT2D eigenvalue weighted by Gasteiger charge is -2.37. The summed E-state index contributed by atoms with van der Waals surface area (Å²) in [4.78, 5) is 13.7. The summed E-state index contributed by atoms with van der Waals surface area (Å²) in [6.07, 6.45) is -4.47. The van der Waals surface area contributed by atoms with Gasteiger partial charge in [-0.3, -0.25) is 9.69 Å². The average Bonchev–Trinajstić information content (AvgIpc) is 2.80. The summed E-state index contributed by atoms with van der Waals surface area (Å²) in [6.45, 7) is 2.03. The van der Waals surface area contributed by atoms with Crippen molar-refractivity contribution in [2.24, 2.45) is 5.92 Å². The fraction of sp³-hybridized carbons (Fsp3) is 0.269. The number of thiol groups is 1. The molecule has 0 aromatic heterocycles. The fourth-order valence-corrected chi connectivity index (χ4v) is 4.44. The van der Waals surface area contributed by atoms with Crippen LogP contribution in [0.1, 0.15) is 27.5 Å². The van der Waals surface area contributed by atoms with Gasteiger partial charge in [-0.25, -0.2) is 0 Å². The van der Waals surface area contributed by atoms with E-state index in [0.29, 0.717) is 30.8 Å². The third-order valence-electron chi connectivity index (χ3n) is 5.94. The minimum absolute atomic E-state index is 0.0715. The van der Waals surface area contributed by atoms with Crippen LogP contribution in [0.4, 0.5) is 13.2 Å². The third kappa shape index (κ3) is 5.25. The van der Waals surface area contributed by atoms with Gasteiger partial charge in [-0.1, -0.05) is 66.7 Å². The molecule has 0 aliphatic carbocycles. The molecule has 0 radical (unpaired) electrons. The zero-order valence-corrected chi connectivity index (χ0v) is 18.9. The number of carbonyl (C=O) groups excluding carboxylic acids is 1. The average molecular weight is 472 g/mol. The van der Waals surface area contributed by atoms with Crippen molar-refractivity contribution in [2.75, 3.05) is 20.2 Å². The number of rotatable bonds is 6. The van der Waals surface area contributed by atoms with Crippen LogP contribution in [0.15, 0.2) is 72.8 Å². The molecule has 0 bridgehead atoms. The summed E-state index contributed by atoms with van der Waals surface area (Å²) in [5.74, 6) is -0.256. The Morgan fingerprint density at radius 1 is 1.03 bits per heavy atom. The lowest BCUT2D eigenvalue weighted by Crippen LogP contribution is -2.49. The van der Waals surface area contributed by atoms with E-state index in [0.717, 1.165) is 11.1 Å². The number of halogens is 3. The first-order valence-electron chi connectivity index (χ1n) is 10.6. The van der Waals surface area contributed by atoms with Crippen molar-refractivity contribution in [1.82, 2.24) is 4.90 Å². The smallest absolute Gasteiger partial charge is 0.417 e. The molecule has 7 heteroatoms. The van der Waals surface area contributed by atoms with Crippen molar-refractivity contribution in [1.29, 1.82) is 0 Å². The number of nitrogens with zero attached hydrogens (tertiary/aromatic N) is 1. The number of hydrogen-bond acceptors (Lipinski definition) is 4. The van der Waals surface area contributed by atoms with E-state index in [1.165, 1.54) is 19.2 Å². The highest BCUT2D eigenvalue weighted by molar-refractivity contribution is 7.80. The van der Waals surface area contributed by atoms with E-state index in [1.54, 1.807) is 36.4 Å². The molecule has 1 atom stereocenters. The van der Waals surface area contributed by atoms with Crippen molar-refractivity contribution >= 4 is 18.6 Å². The van der Waals surface area contributed by atoms with Crippen molar-refractivity contribution < 1.29 is 22.7 Å². The number of benzene rings is 3. The number of ether oxygens (including phenoxy) is 1. The second kappa shape index (κ2) is 9.61. The Morgan fingerprint density at radius 2 is 1.67 bits per heavy atom. The highest BCUT2D eigenvalue weighted by Crippen LogP contribution is 2.40. The highest BCUT2D eigenvalue weighted by Gasteiger charge is 2.35. The van der Waals surface area contributed by atoms with Gasteiger partial charge < -0.3 is 4.74 Å². The topological polar surface area (TPSA) is 29.5 Å². The molecule has 0 saturated carbocycles. The van der Waals surface area contributed by atoms with Crippen LogP contribution in [0.3, 0.4) is 0 Å². The molecule has 1 aliphatic heterocycles. The zero-order valence-electron chi connectivity index (χ0n) is 18.0. The molecule has 3 aromatic rings. The standard InChI is InChI=1S/C26H24F3NO2S/c1-32-25(31)21-15-30(16-21)14-17-7-9-19(10-8-17)24(33)20-11-12-22(18-5-3-2-4-6-18)23(13-20)26(27,28)29/h2-13,21,24,33H,14-16H2,1H3. The van der Waals surface area contributed by atoms with Crippen LogP contribution in [-0.4, -0.2) is 31.1 Å². The third-order valence-corrected chi connectivity index (χ3v) is 6.54. The summed E-state index contributed by atoms with van der Waals surface area (Å²) in [7, 11) is 1.39. The van der Waals surface area contributed by atoms with Gasteiger partial charge in [0.25, 0.3) is 0 Å². The molecular weight excluding hydrogens is 447 g/mol. The van der Waals surface area contributed by atoms with Crippen molar-refractivity contribution in [3.63, 3.8) is 0 Å². The first-order chi connectivity index (χ1) is 15.8. The number of methoxy groups -OCH3 is 1. The molecule has 0 spiro atoms. The Hall–Kier alpha value is -2.77. The van der Waals surface area contributed by atoms with E-state index >= 15 is 0 Å². The van der Waals surface area contributed by atoms with E-state index in [-0.39, 0.29) is 17.5 Å². The van der Waals surface area contributed by atoms with Gasteiger partial charge in [0.05, 0.1) is 23.8 Å². The summed E-state index contributed by atoms with van der Waals surface area (Å²) in [5.41, 5.74) is 2.39. The van der Waals surface area contributed by atoms with Crippen LogP contribution >= 0.6 is 12.6 Å². The second-order valence-electron chi connectivity index (χ2n) is 8.23. The summed E-state index contributed by atoms with van der Waals surface area (Å²) in [5, 5.41) is -0.488. The van der Waals surface area contributed by atoms with E-state index in [9.17, 15) is 18.0 Å². The Labute approximate surface area is 196 Å². The van der Waals surface area contributed by atoms with Gasteiger partial charge in [-0.05, 0) is 33.9 Å². The van der Waals surface area contributed by atoms with Crippen LogP contribution in [0, 0.1) is 5.92 Å². The molecule has 1 aliphatic rings. The maximum Gasteiger partial charge on any atom is 0.417 e. The van der Waals surface area contributed by atoms with Gasteiger partial charge in [0, 0.05) is 19.6 Å². The Kier molecular flexibility index (Phi) is 6.81. The zero-order chi connectivity index (χ0) is 23.6. The molecule has 1 unspecified atom stereocenters. The van der Waals surface area contributed by atoms with Crippen LogP contribution in [0.25, 0.3) is 11.1 Å². The molecular formula is C26H24F3NO2S. The van der Waals surface area contributed by atoms with Crippen LogP contribution in [0.2, 0.25) is 0 Å². The van der Waals surface area contributed by atoms with E-state index in [2.05, 4.69) is 17.5 Å². The van der Waals surface area contributed by atoms with Gasteiger partial charge in [0.15, 0.2) is 0 Å². The lowest BCUT2D eigenvalue weighted by atomic mass is 9.94. The quantitative estimate of drug-likeness (QED) is 0.353. The normalized spacial score (nSPS) is 15.7. The van der Waals surface area contributed by atoms with E-state index < -0.39 is 17.0 Å². The summed E-state index contributed by atoms with van der Waals surface area (Å²) in [6, 6.07) is 20.7. The van der Waals surface area contributed by atoms with E-state index in [4.69, 9.17) is 4.74 Å². The molecule has 1 heterocycles. The first-order valence-corrected chi connectivity index (χ1v) is 11.1. The molecule has 4 rings (SSSR count). The predicted molar refractivity (Wildman–Crippen MR) is 125 cm³/mol. The molecule has 1 saturated heterocycles. The van der Waals surface area contributed by atoms with Gasteiger partial charge in [-0.15, -0.1) is 0 Å². The Balaban J connectivity index is 1.50. The summed E-state index contributed by atoms with van der Waals surface area (Å²) < 4.78 is 46.3. The molecule has 3 aromatic carbocycles. The molecule has 172 valence electrons. The molecule has 0 amide bonds. The number of hydrogen-bond donors (Lipinski definition) is 1. The van der Waals surface area contributed by atoms with E-state index in [1.807, 2.05) is 24.3 Å². The fourth-order valence-electron chi connectivity index (χ4n) is 4.11. The summed E-state index contributed by atoms with van der Waals surface area (Å²) >= 11 is 4.62. The largest absolute Gasteiger partial charge is 0.469 e. The minimum atomic E-state index is -4.47. The first kappa shape index (κ1) is 23.4. The van der Waals surface area contributed by atoms with Gasteiger partial charge in [0.1, 0.15) is 0 Å². The number of likely N-dealkylation sites (tertiary alicyclic amines) is 1. The van der Waals surface area contributed by atoms with Gasteiger partial charge in [-0.2, -0.15) is 25.8 Å². The molecule has 1 fully saturated rings. The number of esters is 1. The SMILES string of the molecule is COC(=O)C1CN(Cc2ccc(C(S)c3ccc(-c4ccccc4)c(C(F)(F)F)c3)cc2)C1. The maximum absolute atomic E-state index is 13.8. The van der Waals surface area contributed by atoms with Crippen LogP contribution < -0.4 is 0 Å². The number of alkyl halides is 3.